The molecule has 0 bridgehead atoms. The topological polar surface area (TPSA) is 348 Å². The van der Waals surface area contributed by atoms with Crippen molar-refractivity contribution in [2.24, 2.45) is 34.8 Å². The first-order valence-electron chi connectivity index (χ1n) is 48.4. The Balaban J connectivity index is 1.78. The Morgan fingerprint density at radius 2 is 0.512 bits per heavy atom. The van der Waals surface area contributed by atoms with Gasteiger partial charge in [-0.05, 0) is 124 Å². The predicted molar refractivity (Wildman–Crippen MR) is 510 cm³/mol. The summed E-state index contributed by atoms with van der Waals surface area (Å²) in [7, 11) is 0. The molecule has 0 aliphatic heterocycles. The van der Waals surface area contributed by atoms with Crippen molar-refractivity contribution in [1.82, 2.24) is 59.6 Å². The van der Waals surface area contributed by atoms with Gasteiger partial charge >= 0.3 is 0 Å². The fourth-order valence-electron chi connectivity index (χ4n) is 15.7. The number of rotatable bonds is 75. The van der Waals surface area contributed by atoms with Crippen molar-refractivity contribution < 1.29 is 52.7 Å². The predicted octanol–water partition coefficient (Wildman–Crippen LogP) is 10.3. The van der Waals surface area contributed by atoms with Gasteiger partial charge in [0, 0.05) is 78.5 Å². The van der Waals surface area contributed by atoms with E-state index in [1.807, 2.05) is 121 Å². The van der Waals surface area contributed by atoms with Crippen molar-refractivity contribution in [3.8, 4) is 0 Å². The maximum atomic E-state index is 15.7. The van der Waals surface area contributed by atoms with Gasteiger partial charge < -0.3 is 82.6 Å². The van der Waals surface area contributed by atoms with Crippen molar-refractivity contribution in [3.63, 3.8) is 0 Å². The Morgan fingerprint density at radius 3 is 0.803 bits per heavy atom. The Labute approximate surface area is 762 Å². The molecule has 27 nitrogen and oxygen atoms in total. The number of carbonyl (C=O) groups excluding carboxylic acids is 11. The summed E-state index contributed by atoms with van der Waals surface area (Å²) in [6.45, 7) is 12.4. The molecule has 0 spiro atoms. The van der Waals surface area contributed by atoms with Gasteiger partial charge in [0.15, 0.2) is 0 Å². The van der Waals surface area contributed by atoms with Crippen LogP contribution >= 0.6 is 0 Å². The van der Waals surface area contributed by atoms with Crippen LogP contribution in [0, 0.1) is 11.8 Å². The highest BCUT2D eigenvalue weighted by Gasteiger charge is 2.34. The molecule has 710 valence electrons. The highest BCUT2D eigenvalue weighted by atomic mass is 16.2. The lowest BCUT2D eigenvalue weighted by Crippen LogP contribution is -2.54. The summed E-state index contributed by atoms with van der Waals surface area (Å²) in [5, 5.41) is 6.51. The number of hydrogen-bond donors (Lipinski definition) is 6. The van der Waals surface area contributed by atoms with E-state index in [-0.39, 0.29) is 128 Å². The molecule has 0 heterocycles. The van der Waals surface area contributed by atoms with Crippen LogP contribution in [0.3, 0.4) is 0 Å². The molecule has 127 heavy (non-hydrogen) atoms. The van der Waals surface area contributed by atoms with Crippen LogP contribution < -0.4 is 33.6 Å². The van der Waals surface area contributed by atoms with E-state index < -0.39 is 92.4 Å². The molecule has 0 aromatic heterocycles. The molecule has 0 fully saturated rings. The SMILES string of the molecule is CCCCCCCCCCN(CC(=O)N(CC(=O)N(CCCCCCCCCC)CC(=O)N(CC(N)=O)CC(CC)CCCC)CC(CC)CCCC)C(=O)CN(CCc1ccccc1)C(=O)CN(CCc1ccccc1)C(=O)CN(CCN)C(=O)CN(CCc1ccccc1)C(=O)CN(CCc1ccccc1)C(=O)CN(CCN)C(=O)CNCCCNCCCN. The van der Waals surface area contributed by atoms with Crippen LogP contribution in [-0.4, -0.2) is 291 Å². The van der Waals surface area contributed by atoms with Gasteiger partial charge in [-0.3, -0.25) is 52.7 Å². The highest BCUT2D eigenvalue weighted by molar-refractivity contribution is 5.95. The van der Waals surface area contributed by atoms with Gasteiger partial charge in [0.05, 0.1) is 72.0 Å². The second kappa shape index (κ2) is 68.9. The molecule has 11 amide bonds. The normalized spacial score (nSPS) is 11.6. The molecule has 2 atom stereocenters. The van der Waals surface area contributed by atoms with E-state index in [1.54, 1.807) is 9.80 Å². The molecule has 0 saturated carbocycles. The first-order chi connectivity index (χ1) is 61.6. The molecule has 0 aliphatic rings. The van der Waals surface area contributed by atoms with E-state index in [0.717, 1.165) is 177 Å². The fraction of sp³-hybridized carbons (Fsp3) is 0.650. The van der Waals surface area contributed by atoms with Gasteiger partial charge in [-0.2, -0.15) is 0 Å². The van der Waals surface area contributed by atoms with E-state index in [9.17, 15) is 19.2 Å². The minimum Gasteiger partial charge on any atom is -0.368 e. The van der Waals surface area contributed by atoms with Gasteiger partial charge in [-0.1, -0.05) is 291 Å². The Morgan fingerprint density at radius 1 is 0.260 bits per heavy atom. The van der Waals surface area contributed by atoms with Crippen molar-refractivity contribution in [3.05, 3.63) is 144 Å². The van der Waals surface area contributed by atoms with Gasteiger partial charge in [0.25, 0.3) is 0 Å². The van der Waals surface area contributed by atoms with E-state index in [0.29, 0.717) is 64.6 Å². The molecule has 4 aromatic carbocycles. The molecule has 27 heteroatoms. The molecule has 4 aromatic rings. The molecule has 0 aliphatic carbocycles. The molecule has 0 saturated heterocycles. The second-order valence-corrected chi connectivity index (χ2v) is 34.3. The smallest absolute Gasteiger partial charge is 0.242 e. The first-order valence-corrected chi connectivity index (χ1v) is 48.4. The van der Waals surface area contributed by atoms with Crippen molar-refractivity contribution in [2.45, 2.75) is 234 Å². The number of amides is 11. The van der Waals surface area contributed by atoms with Crippen LogP contribution in [0.25, 0.3) is 0 Å². The minimum absolute atomic E-state index is 0.00365. The van der Waals surface area contributed by atoms with E-state index in [4.69, 9.17) is 22.9 Å². The zero-order valence-electron chi connectivity index (χ0n) is 78.8. The lowest BCUT2D eigenvalue weighted by molar-refractivity contribution is -0.149. The average Bonchev–Trinajstić information content (AvgIpc) is 0.852. The summed E-state index contributed by atoms with van der Waals surface area (Å²) in [5.41, 5.74) is 27.4. The van der Waals surface area contributed by atoms with E-state index in [2.05, 4.69) is 52.2 Å². The van der Waals surface area contributed by atoms with Crippen molar-refractivity contribution >= 4 is 65.0 Å². The van der Waals surface area contributed by atoms with Crippen LogP contribution in [0.4, 0.5) is 0 Å². The summed E-state index contributed by atoms with van der Waals surface area (Å²) in [6.07, 6.45) is 25.7. The van der Waals surface area contributed by atoms with Crippen LogP contribution in [0.2, 0.25) is 0 Å². The number of nitrogens with one attached hydrogen (secondary N) is 2. The zero-order valence-corrected chi connectivity index (χ0v) is 78.8. The van der Waals surface area contributed by atoms with Gasteiger partial charge in [0.1, 0.15) is 0 Å². The Kier molecular flexibility index (Phi) is 59.8. The number of benzene rings is 4. The standard InChI is InChI=1S/C100H164N16O11/c1-7-13-17-19-21-23-25-39-63-107(82-100(127)116(73-85(12-6)44-16-10-4)83-98(125)108(64-40-26-24-22-20-18-14-8-2)81-99(126)115(74-90(104)117)72-84(11-5)43-15-9-3)92(119)75-109(65-53-86-45-31-27-32-46-86)93(120)77-111(67-55-88-49-35-29-36-50-88)96(123)80-114(70-59-103)97(124)78-112(68-56-89-51-37-30-38-52-89)94(121)76-110(66-54-87-47-33-28-34-48-87)95(122)79-113(69-58-102)91(118)71-106-62-42-61-105-60-41-57-101/h27-38,45-52,84-85,105-106H,7-26,39-44,53-83,101-103H2,1-6H3,(H2,104,117). The van der Waals surface area contributed by atoms with Crippen LogP contribution in [0.1, 0.15) is 231 Å². The number of nitrogens with zero attached hydrogens (tertiary/aromatic N) is 10. The number of hydrogen-bond acceptors (Lipinski definition) is 16. The minimum atomic E-state index is -0.645. The summed E-state index contributed by atoms with van der Waals surface area (Å²) >= 11 is 0. The molecule has 10 N–H and O–H groups in total. The van der Waals surface area contributed by atoms with E-state index >= 15 is 33.6 Å². The van der Waals surface area contributed by atoms with Crippen molar-refractivity contribution in [2.75, 3.05) is 177 Å². The Hall–Kier alpha value is -9.15. The zero-order chi connectivity index (χ0) is 92.4. The number of carbonyl (C=O) groups is 11. The maximum Gasteiger partial charge on any atom is 0.242 e. The summed E-state index contributed by atoms with van der Waals surface area (Å²) < 4.78 is 0. The quantitative estimate of drug-likeness (QED) is 0.0224. The lowest BCUT2D eigenvalue weighted by atomic mass is 9.98. The summed E-state index contributed by atoms with van der Waals surface area (Å²) in [6, 6.07) is 38.0. The second-order valence-electron chi connectivity index (χ2n) is 34.3. The van der Waals surface area contributed by atoms with Crippen molar-refractivity contribution in [1.29, 1.82) is 0 Å². The number of nitrogens with two attached hydrogens (primary N) is 4. The average molecular weight is 1770 g/mol. The summed E-state index contributed by atoms with van der Waals surface area (Å²) in [5.74, 6) is -5.41. The fourth-order valence-corrected chi connectivity index (χ4v) is 15.7. The van der Waals surface area contributed by atoms with Gasteiger partial charge in [-0.25, -0.2) is 0 Å². The van der Waals surface area contributed by atoms with Crippen LogP contribution in [-0.2, 0) is 78.4 Å². The molecule has 0 radical (unpaired) electrons. The summed E-state index contributed by atoms with van der Waals surface area (Å²) in [4.78, 5) is 179. The van der Waals surface area contributed by atoms with Gasteiger partial charge in [0.2, 0.25) is 65.0 Å². The first kappa shape index (κ1) is 110. The molecular formula is C100H164N16O11. The molecule has 2 unspecified atom stereocenters. The number of unbranched alkanes of at least 4 members (excludes halogenated alkanes) is 16. The largest absolute Gasteiger partial charge is 0.368 e. The Bertz CT molecular complexity index is 3680. The molecular weight excluding hydrogens is 1600 g/mol. The highest BCUT2D eigenvalue weighted by Crippen LogP contribution is 2.21. The number of primary amides is 1. The molecule has 4 rings (SSSR count). The van der Waals surface area contributed by atoms with Crippen LogP contribution in [0.5, 0.6) is 0 Å². The van der Waals surface area contributed by atoms with Crippen LogP contribution in [0.15, 0.2) is 121 Å². The van der Waals surface area contributed by atoms with Gasteiger partial charge in [-0.15, -0.1) is 0 Å². The lowest BCUT2D eigenvalue weighted by Gasteiger charge is -2.34. The van der Waals surface area contributed by atoms with E-state index in [1.165, 1.54) is 45.6 Å². The monoisotopic (exact) mass is 1770 g/mol. The third kappa shape index (κ3) is 48.2. The third-order valence-corrected chi connectivity index (χ3v) is 23.8. The third-order valence-electron chi connectivity index (χ3n) is 23.8. The maximum absolute atomic E-state index is 15.7.